The van der Waals surface area contributed by atoms with Crippen molar-refractivity contribution in [2.45, 2.75) is 33.2 Å². The summed E-state index contributed by atoms with van der Waals surface area (Å²) in [6.45, 7) is 4.92. The monoisotopic (exact) mass is 457 g/mol. The fourth-order valence-corrected chi connectivity index (χ4v) is 6.16. The Labute approximate surface area is 187 Å². The number of sulfonamides is 1. The molecular formula is C23H27N3O3S2. The van der Waals surface area contributed by atoms with Crippen LogP contribution < -0.4 is 4.90 Å². The number of amides is 1. The highest BCUT2D eigenvalue weighted by molar-refractivity contribution is 7.89. The van der Waals surface area contributed by atoms with Crippen LogP contribution in [0.4, 0.5) is 5.13 Å². The first-order valence-corrected chi connectivity index (χ1v) is 13.0. The van der Waals surface area contributed by atoms with E-state index in [1.54, 1.807) is 11.8 Å². The van der Waals surface area contributed by atoms with Gasteiger partial charge in [-0.3, -0.25) is 9.69 Å². The molecule has 1 amide bonds. The number of anilines is 1. The molecule has 8 heteroatoms. The molecule has 1 aliphatic heterocycles. The number of rotatable bonds is 6. The van der Waals surface area contributed by atoms with Crippen LogP contribution in [0.15, 0.2) is 48.5 Å². The number of hydrogen-bond donors (Lipinski definition) is 0. The molecule has 3 aromatic rings. The van der Waals surface area contributed by atoms with Gasteiger partial charge in [-0.25, -0.2) is 17.7 Å². The van der Waals surface area contributed by atoms with E-state index in [1.807, 2.05) is 55.5 Å². The van der Waals surface area contributed by atoms with Crippen molar-refractivity contribution in [3.05, 3.63) is 59.7 Å². The Morgan fingerprint density at radius 2 is 1.84 bits per heavy atom. The zero-order valence-corrected chi connectivity index (χ0v) is 19.5. The number of piperidine rings is 1. The highest BCUT2D eigenvalue weighted by Crippen LogP contribution is 2.33. The first kappa shape index (κ1) is 21.9. The van der Waals surface area contributed by atoms with Crippen LogP contribution in [0.2, 0.25) is 0 Å². The maximum absolute atomic E-state index is 13.6. The average molecular weight is 458 g/mol. The maximum atomic E-state index is 13.6. The summed E-state index contributed by atoms with van der Waals surface area (Å²) < 4.78 is 26.9. The summed E-state index contributed by atoms with van der Waals surface area (Å²) in [6, 6.07) is 16.0. The van der Waals surface area contributed by atoms with E-state index in [1.165, 1.54) is 15.6 Å². The van der Waals surface area contributed by atoms with E-state index in [0.717, 1.165) is 21.3 Å². The predicted octanol–water partition coefficient (Wildman–Crippen LogP) is 4.20. The number of thiazole rings is 1. The van der Waals surface area contributed by atoms with E-state index >= 15 is 0 Å². The molecule has 2 heterocycles. The lowest BCUT2D eigenvalue weighted by molar-refractivity contribution is -0.123. The molecule has 0 atom stereocenters. The third-order valence-corrected chi connectivity index (χ3v) is 8.78. The van der Waals surface area contributed by atoms with Crippen molar-refractivity contribution >= 4 is 42.6 Å². The smallest absolute Gasteiger partial charge is 0.232 e. The molecule has 1 fully saturated rings. The van der Waals surface area contributed by atoms with Gasteiger partial charge in [0, 0.05) is 19.0 Å². The SMILES string of the molecule is CCS(=O)(=O)N1CCC(C(=O)N(Cc2ccccc2)c2nc3c(C)cccc3s2)CC1. The molecule has 1 aliphatic rings. The molecule has 31 heavy (non-hydrogen) atoms. The second-order valence-corrected chi connectivity index (χ2v) is 11.2. The summed E-state index contributed by atoms with van der Waals surface area (Å²) >= 11 is 1.53. The molecule has 4 rings (SSSR count). The van der Waals surface area contributed by atoms with Crippen molar-refractivity contribution in [3.63, 3.8) is 0 Å². The van der Waals surface area contributed by atoms with Crippen molar-refractivity contribution in [3.8, 4) is 0 Å². The molecule has 0 spiro atoms. The normalized spacial score (nSPS) is 15.9. The van der Waals surface area contributed by atoms with E-state index in [2.05, 4.69) is 0 Å². The fourth-order valence-electron chi connectivity index (χ4n) is 3.98. The standard InChI is InChI=1S/C23H27N3O3S2/c1-3-31(28,29)25-14-12-19(13-15-25)22(27)26(16-18-9-5-4-6-10-18)23-24-21-17(2)8-7-11-20(21)30-23/h4-11,19H,3,12-16H2,1-2H3. The van der Waals surface area contributed by atoms with E-state index < -0.39 is 10.0 Å². The second kappa shape index (κ2) is 9.06. The molecule has 2 aromatic carbocycles. The minimum Gasteiger partial charge on any atom is -0.283 e. The predicted molar refractivity (Wildman–Crippen MR) is 126 cm³/mol. The molecular weight excluding hydrogens is 430 g/mol. The lowest BCUT2D eigenvalue weighted by Gasteiger charge is -2.32. The number of fused-ring (bicyclic) bond motifs is 1. The fraction of sp³-hybridized carbons (Fsp3) is 0.391. The Morgan fingerprint density at radius 1 is 1.13 bits per heavy atom. The van der Waals surface area contributed by atoms with Gasteiger partial charge in [0.15, 0.2) is 5.13 Å². The lowest BCUT2D eigenvalue weighted by Crippen LogP contribution is -2.44. The number of nitrogens with zero attached hydrogens (tertiary/aromatic N) is 3. The van der Waals surface area contributed by atoms with Crippen LogP contribution in [0.1, 0.15) is 30.9 Å². The van der Waals surface area contributed by atoms with Gasteiger partial charge < -0.3 is 0 Å². The number of para-hydroxylation sites is 1. The molecule has 0 aliphatic carbocycles. The number of aromatic nitrogens is 1. The quantitative estimate of drug-likeness (QED) is 0.556. The van der Waals surface area contributed by atoms with Gasteiger partial charge in [-0.1, -0.05) is 53.8 Å². The van der Waals surface area contributed by atoms with Crippen molar-refractivity contribution in [1.82, 2.24) is 9.29 Å². The molecule has 1 saturated heterocycles. The van der Waals surface area contributed by atoms with Gasteiger partial charge in [0.25, 0.3) is 0 Å². The zero-order valence-electron chi connectivity index (χ0n) is 17.8. The van der Waals surface area contributed by atoms with E-state index in [4.69, 9.17) is 4.98 Å². The van der Waals surface area contributed by atoms with Crippen LogP contribution in [0.5, 0.6) is 0 Å². The Bertz CT molecular complexity index is 1170. The summed E-state index contributed by atoms with van der Waals surface area (Å²) in [6.07, 6.45) is 1.07. The van der Waals surface area contributed by atoms with Crippen LogP contribution in [0.25, 0.3) is 10.2 Å². The second-order valence-electron chi connectivity index (χ2n) is 7.90. The minimum absolute atomic E-state index is 0.0223. The topological polar surface area (TPSA) is 70.6 Å². The summed E-state index contributed by atoms with van der Waals surface area (Å²) in [4.78, 5) is 20.2. The van der Waals surface area contributed by atoms with Crippen LogP contribution in [-0.4, -0.2) is 42.5 Å². The number of aryl methyl sites for hydroxylation is 1. The van der Waals surface area contributed by atoms with E-state index in [9.17, 15) is 13.2 Å². The average Bonchev–Trinajstić information content (AvgIpc) is 3.23. The number of hydrogen-bond acceptors (Lipinski definition) is 5. The van der Waals surface area contributed by atoms with Crippen LogP contribution in [-0.2, 0) is 21.4 Å². The van der Waals surface area contributed by atoms with Gasteiger partial charge in [-0.15, -0.1) is 0 Å². The Balaban J connectivity index is 1.61. The molecule has 1 aromatic heterocycles. The highest BCUT2D eigenvalue weighted by Gasteiger charge is 2.33. The maximum Gasteiger partial charge on any atom is 0.232 e. The third-order valence-electron chi connectivity index (χ3n) is 5.85. The molecule has 0 saturated carbocycles. The number of benzene rings is 2. The van der Waals surface area contributed by atoms with Gasteiger partial charge in [0.1, 0.15) is 0 Å². The summed E-state index contributed by atoms with van der Waals surface area (Å²) in [5.41, 5.74) is 3.06. The van der Waals surface area contributed by atoms with Gasteiger partial charge in [-0.2, -0.15) is 0 Å². The van der Waals surface area contributed by atoms with Crippen molar-refractivity contribution in [2.24, 2.45) is 5.92 Å². The molecule has 6 nitrogen and oxygen atoms in total. The first-order valence-electron chi connectivity index (χ1n) is 10.6. The molecule has 0 bridgehead atoms. The largest absolute Gasteiger partial charge is 0.283 e. The first-order chi connectivity index (χ1) is 14.9. The Morgan fingerprint density at radius 3 is 2.48 bits per heavy atom. The summed E-state index contributed by atoms with van der Waals surface area (Å²) in [5.74, 6) is -0.0918. The van der Waals surface area contributed by atoms with E-state index in [0.29, 0.717) is 37.6 Å². The molecule has 0 unspecified atom stereocenters. The van der Waals surface area contributed by atoms with Gasteiger partial charge in [0.2, 0.25) is 15.9 Å². The minimum atomic E-state index is -3.22. The summed E-state index contributed by atoms with van der Waals surface area (Å²) in [7, 11) is -3.22. The van der Waals surface area contributed by atoms with Crippen molar-refractivity contribution in [2.75, 3.05) is 23.7 Å². The Kier molecular flexibility index (Phi) is 6.41. The molecule has 164 valence electrons. The molecule has 0 radical (unpaired) electrons. The lowest BCUT2D eigenvalue weighted by atomic mass is 9.96. The summed E-state index contributed by atoms with van der Waals surface area (Å²) in [5, 5.41) is 0.696. The van der Waals surface area contributed by atoms with Crippen LogP contribution in [0, 0.1) is 12.8 Å². The third kappa shape index (κ3) is 4.66. The Hall–Kier alpha value is -2.29. The molecule has 0 N–H and O–H groups in total. The van der Waals surface area contributed by atoms with Gasteiger partial charge in [0.05, 0.1) is 22.5 Å². The van der Waals surface area contributed by atoms with Gasteiger partial charge in [-0.05, 0) is 43.9 Å². The van der Waals surface area contributed by atoms with Crippen LogP contribution >= 0.6 is 11.3 Å². The highest BCUT2D eigenvalue weighted by atomic mass is 32.2. The van der Waals surface area contributed by atoms with Crippen molar-refractivity contribution in [1.29, 1.82) is 0 Å². The zero-order chi connectivity index (χ0) is 22.0. The van der Waals surface area contributed by atoms with E-state index in [-0.39, 0.29) is 17.6 Å². The number of carbonyl (C=O) groups is 1. The van der Waals surface area contributed by atoms with Crippen molar-refractivity contribution < 1.29 is 13.2 Å². The van der Waals surface area contributed by atoms with Gasteiger partial charge >= 0.3 is 0 Å². The number of carbonyl (C=O) groups excluding carboxylic acids is 1. The van der Waals surface area contributed by atoms with Crippen LogP contribution in [0.3, 0.4) is 0 Å².